The van der Waals surface area contributed by atoms with Gasteiger partial charge in [-0.3, -0.25) is 20.0 Å². The molecule has 0 aliphatic heterocycles. The number of pyridine rings is 2. The van der Waals surface area contributed by atoms with Crippen molar-refractivity contribution in [3.8, 4) is 0 Å². The van der Waals surface area contributed by atoms with Gasteiger partial charge in [-0.15, -0.1) is 11.4 Å². The summed E-state index contributed by atoms with van der Waals surface area (Å²) in [6.07, 6.45) is 7.05. The predicted molar refractivity (Wildman–Crippen MR) is 129 cm³/mol. The van der Waals surface area contributed by atoms with Gasteiger partial charge in [-0.2, -0.15) is 0 Å². The molecule has 0 amide bonds. The van der Waals surface area contributed by atoms with Gasteiger partial charge >= 0.3 is 33.3 Å². The maximum atomic E-state index is 4.76. The number of halogens is 2. The number of hydrogen-bond acceptors (Lipinski definition) is 4. The number of fused-ring (bicyclic) bond motifs is 2. The van der Waals surface area contributed by atoms with Crippen LogP contribution in [0.3, 0.4) is 0 Å². The van der Waals surface area contributed by atoms with Crippen LogP contribution in [0, 0.1) is 0 Å². The molecule has 0 bridgehead atoms. The Balaban J connectivity index is 0.000000775. The summed E-state index contributed by atoms with van der Waals surface area (Å²) >= 11 is 0.194. The monoisotopic (exact) mass is 500 g/mol. The van der Waals surface area contributed by atoms with E-state index in [0.29, 0.717) is 0 Å². The first-order chi connectivity index (χ1) is 15.8. The second-order valence-electron chi connectivity index (χ2n) is 6.57. The van der Waals surface area contributed by atoms with Crippen LogP contribution in [-0.4, -0.2) is 22.4 Å². The molecular formula is C24H16Cl2FeN5. The van der Waals surface area contributed by atoms with Crippen molar-refractivity contribution in [3.05, 3.63) is 96.6 Å². The molecular weight excluding hydrogens is 485 g/mol. The fraction of sp³-hybridized carbons (Fsp3) is 0. The van der Waals surface area contributed by atoms with Gasteiger partial charge in [0.2, 0.25) is 0 Å². The van der Waals surface area contributed by atoms with E-state index in [-0.39, 0.29) is 13.1 Å². The summed E-state index contributed by atoms with van der Waals surface area (Å²) in [5, 5.41) is 2.13. The fourth-order valence-electron chi connectivity index (χ4n) is 3.19. The molecule has 0 saturated heterocycles. The minimum atomic E-state index is 0.194. The summed E-state index contributed by atoms with van der Waals surface area (Å²) in [4.78, 5) is 22.6. The fourth-order valence-corrected chi connectivity index (χ4v) is 3.19. The summed E-state index contributed by atoms with van der Waals surface area (Å²) < 4.78 is 0. The third-order valence-corrected chi connectivity index (χ3v) is 4.58. The van der Waals surface area contributed by atoms with Crippen molar-refractivity contribution in [1.82, 2.24) is 15.0 Å². The molecule has 0 aliphatic rings. The van der Waals surface area contributed by atoms with E-state index in [4.69, 9.17) is 20.2 Å². The van der Waals surface area contributed by atoms with Crippen molar-refractivity contribution in [1.29, 1.82) is 0 Å². The van der Waals surface area contributed by atoms with Gasteiger partial charge in [0, 0.05) is 35.6 Å². The van der Waals surface area contributed by atoms with E-state index in [0.717, 1.165) is 44.6 Å². The zero-order valence-electron chi connectivity index (χ0n) is 16.6. The van der Waals surface area contributed by atoms with Crippen LogP contribution in [0.1, 0.15) is 11.4 Å². The molecule has 0 unspecified atom stereocenters. The summed E-state index contributed by atoms with van der Waals surface area (Å²) in [6, 6.07) is 23.6. The second kappa shape index (κ2) is 11.0. The Morgan fingerprint density at radius 1 is 0.656 bits per heavy atom. The van der Waals surface area contributed by atoms with Gasteiger partial charge in [-0.1, -0.05) is 48.5 Å². The Morgan fingerprint density at radius 3 is 1.56 bits per heavy atom. The zero-order chi connectivity index (χ0) is 22.2. The first-order valence-electron chi connectivity index (χ1n) is 9.53. The average Bonchev–Trinajstić information content (AvgIpc) is 3.30. The molecule has 8 heteroatoms. The standard InChI is InChI=1S/C24H16N5.2ClH.Fe/c1-5-17-7-3-13-25-23(17)21(9-1)27-15-19-11-12-20(29-19)16-28-22-10-2-6-18-8-4-14-26-24(18)22;;;/h1-16H;2*1H;/q-1;;;+3/p-2. The molecule has 0 atom stereocenters. The van der Waals surface area contributed by atoms with Crippen LogP contribution in [0.2, 0.25) is 0 Å². The Bertz CT molecular complexity index is 1280. The summed E-state index contributed by atoms with van der Waals surface area (Å²) in [5.41, 5.74) is 4.95. The zero-order valence-corrected chi connectivity index (χ0v) is 19.2. The Hall–Kier alpha value is -3.02. The molecule has 5 rings (SSSR count). The number of benzene rings is 2. The van der Waals surface area contributed by atoms with Crippen molar-refractivity contribution in [2.45, 2.75) is 0 Å². The molecule has 5 nitrogen and oxygen atoms in total. The van der Waals surface area contributed by atoms with E-state index < -0.39 is 0 Å². The van der Waals surface area contributed by atoms with Crippen LogP contribution in [0.4, 0.5) is 11.4 Å². The number of hydrogen-bond donors (Lipinski definition) is 0. The number of aromatic nitrogens is 3. The summed E-state index contributed by atoms with van der Waals surface area (Å²) in [5.74, 6) is 0. The Morgan fingerprint density at radius 2 is 1.09 bits per heavy atom. The van der Waals surface area contributed by atoms with Crippen molar-refractivity contribution in [3.63, 3.8) is 0 Å². The van der Waals surface area contributed by atoms with Gasteiger partial charge in [0.1, 0.15) is 0 Å². The van der Waals surface area contributed by atoms with E-state index >= 15 is 0 Å². The molecule has 3 aromatic heterocycles. The number of aliphatic imine (C=N–C) groups is 2. The minimum absolute atomic E-state index is 0.194. The van der Waals surface area contributed by atoms with Crippen LogP contribution in [0.15, 0.2) is 95.2 Å². The first-order valence-corrected chi connectivity index (χ1v) is 12.6. The SMILES string of the molecule is C(=Nc1cccc2cccnc12)c1ccc(C=Nc2cccc3cccnc23)[n-]1.[Cl][Fe+][Cl]. The molecule has 159 valence electrons. The van der Waals surface area contributed by atoms with E-state index in [1.54, 1.807) is 24.8 Å². The third-order valence-electron chi connectivity index (χ3n) is 4.58. The van der Waals surface area contributed by atoms with Gasteiger partial charge in [0.05, 0.1) is 22.4 Å². The Labute approximate surface area is 199 Å². The van der Waals surface area contributed by atoms with Crippen molar-refractivity contribution in [2.24, 2.45) is 9.98 Å². The van der Waals surface area contributed by atoms with Crippen LogP contribution >= 0.6 is 20.2 Å². The molecule has 0 aliphatic carbocycles. The predicted octanol–water partition coefficient (Wildman–Crippen LogP) is 6.62. The molecule has 0 N–H and O–H groups in total. The third kappa shape index (κ3) is 5.42. The van der Waals surface area contributed by atoms with E-state index in [9.17, 15) is 0 Å². The van der Waals surface area contributed by atoms with Crippen LogP contribution < -0.4 is 4.98 Å². The first kappa shape index (κ1) is 22.2. The molecule has 0 saturated carbocycles. The van der Waals surface area contributed by atoms with Gasteiger partial charge in [0.25, 0.3) is 0 Å². The van der Waals surface area contributed by atoms with Gasteiger partial charge in [-0.25, -0.2) is 0 Å². The molecule has 0 radical (unpaired) electrons. The molecule has 3 heterocycles. The summed E-state index contributed by atoms with van der Waals surface area (Å²) in [6.45, 7) is 0. The molecule has 0 fully saturated rings. The average molecular weight is 501 g/mol. The van der Waals surface area contributed by atoms with Crippen LogP contribution in [0.25, 0.3) is 21.8 Å². The van der Waals surface area contributed by atoms with E-state index in [2.05, 4.69) is 24.9 Å². The van der Waals surface area contributed by atoms with Gasteiger partial charge in [-0.05, 0) is 24.3 Å². The van der Waals surface area contributed by atoms with Gasteiger partial charge in [0.15, 0.2) is 0 Å². The normalized spacial score (nSPS) is 11.3. The second-order valence-corrected chi connectivity index (χ2v) is 8.39. The van der Waals surface area contributed by atoms with Crippen LogP contribution in [0.5, 0.6) is 0 Å². The number of para-hydroxylation sites is 2. The molecule has 2 aromatic carbocycles. The molecule has 5 aromatic rings. The van der Waals surface area contributed by atoms with Crippen molar-refractivity contribution >= 4 is 65.8 Å². The summed E-state index contributed by atoms with van der Waals surface area (Å²) in [7, 11) is 9.53. The number of rotatable bonds is 4. The van der Waals surface area contributed by atoms with Gasteiger partial charge < -0.3 is 4.98 Å². The molecule has 0 spiro atoms. The number of nitrogens with zero attached hydrogens (tertiary/aromatic N) is 5. The van der Waals surface area contributed by atoms with E-state index in [1.807, 2.05) is 72.8 Å². The Kier molecular flexibility index (Phi) is 7.64. The van der Waals surface area contributed by atoms with Crippen LogP contribution in [-0.2, 0) is 13.1 Å². The van der Waals surface area contributed by atoms with Crippen molar-refractivity contribution in [2.75, 3.05) is 0 Å². The maximum absolute atomic E-state index is 4.76. The van der Waals surface area contributed by atoms with Crippen molar-refractivity contribution < 1.29 is 13.1 Å². The quantitative estimate of drug-likeness (QED) is 0.206. The van der Waals surface area contributed by atoms with E-state index in [1.165, 1.54) is 0 Å². The topological polar surface area (TPSA) is 64.6 Å². The molecule has 32 heavy (non-hydrogen) atoms.